The Morgan fingerprint density at radius 2 is 2.22 bits per heavy atom. The van der Waals surface area contributed by atoms with Crippen molar-refractivity contribution >= 4 is 43.5 Å². The first-order chi connectivity index (χ1) is 8.56. The Balaban J connectivity index is 2.47. The lowest BCUT2D eigenvalue weighted by molar-refractivity contribution is -0.105. The van der Waals surface area contributed by atoms with Crippen molar-refractivity contribution in [2.45, 2.75) is 17.7 Å². The van der Waals surface area contributed by atoms with Crippen LogP contribution in [-0.2, 0) is 14.6 Å². The van der Waals surface area contributed by atoms with Crippen molar-refractivity contribution in [3.63, 3.8) is 0 Å². The lowest BCUT2D eigenvalue weighted by Crippen LogP contribution is -2.04. The number of benzene rings is 1. The van der Waals surface area contributed by atoms with E-state index >= 15 is 0 Å². The van der Waals surface area contributed by atoms with Gasteiger partial charge in [0, 0.05) is 5.69 Å². The monoisotopic (exact) mass is 284 g/mol. The van der Waals surface area contributed by atoms with E-state index in [1.807, 2.05) is 6.92 Å². The first kappa shape index (κ1) is 13.0. The molecule has 0 aliphatic carbocycles. The first-order valence-corrected chi connectivity index (χ1v) is 7.87. The Morgan fingerprint density at radius 1 is 1.44 bits per heavy atom. The number of carbonyl (C=O) groups excluding carboxylic acids is 1. The van der Waals surface area contributed by atoms with Crippen molar-refractivity contribution in [1.29, 1.82) is 0 Å². The van der Waals surface area contributed by atoms with Crippen molar-refractivity contribution in [3.05, 3.63) is 18.2 Å². The molecule has 0 radical (unpaired) electrons. The number of fused-ring (bicyclic) bond motifs is 1. The maximum Gasteiger partial charge on any atom is 0.211 e. The molecule has 1 heterocycles. The Bertz CT molecular complexity index is 677. The number of hydrogen-bond acceptors (Lipinski definition) is 5. The van der Waals surface area contributed by atoms with Crippen molar-refractivity contribution in [3.8, 4) is 0 Å². The van der Waals surface area contributed by atoms with E-state index in [0.717, 1.165) is 16.0 Å². The van der Waals surface area contributed by atoms with Crippen molar-refractivity contribution in [1.82, 2.24) is 4.98 Å². The van der Waals surface area contributed by atoms with Crippen LogP contribution >= 0.6 is 11.3 Å². The Hall–Kier alpha value is -1.47. The molecule has 18 heavy (non-hydrogen) atoms. The van der Waals surface area contributed by atoms with Crippen LogP contribution < -0.4 is 5.32 Å². The van der Waals surface area contributed by atoms with Gasteiger partial charge in [0.25, 0.3) is 0 Å². The van der Waals surface area contributed by atoms with E-state index in [0.29, 0.717) is 24.0 Å². The smallest absolute Gasteiger partial charge is 0.211 e. The van der Waals surface area contributed by atoms with E-state index in [-0.39, 0.29) is 10.1 Å². The van der Waals surface area contributed by atoms with E-state index < -0.39 is 9.84 Å². The van der Waals surface area contributed by atoms with Crippen LogP contribution in [0.2, 0.25) is 0 Å². The third-order valence-electron chi connectivity index (χ3n) is 2.33. The van der Waals surface area contributed by atoms with Crippen molar-refractivity contribution in [2.24, 2.45) is 0 Å². The van der Waals surface area contributed by atoms with Gasteiger partial charge < -0.3 is 5.32 Å². The van der Waals surface area contributed by atoms with E-state index in [1.54, 1.807) is 18.2 Å². The standard InChI is InChI=1S/C11H12N2O3S2/c1-2-5-18(15,16)11-13-9-4-3-8(12-7-14)6-10(9)17-11/h3-4,6-7H,2,5H2,1H3,(H,12,14). The molecule has 0 fully saturated rings. The fraction of sp³-hybridized carbons (Fsp3) is 0.273. The number of nitrogens with zero attached hydrogens (tertiary/aromatic N) is 1. The van der Waals surface area contributed by atoms with Gasteiger partial charge in [0.15, 0.2) is 0 Å². The molecule has 2 aromatic rings. The minimum atomic E-state index is -3.28. The molecule has 1 aromatic heterocycles. The summed E-state index contributed by atoms with van der Waals surface area (Å²) in [5.41, 5.74) is 1.26. The molecule has 7 heteroatoms. The quantitative estimate of drug-likeness (QED) is 0.853. The van der Waals surface area contributed by atoms with Gasteiger partial charge in [-0.05, 0) is 24.6 Å². The molecule has 0 bridgehead atoms. The predicted molar refractivity (Wildman–Crippen MR) is 71.7 cm³/mol. The van der Waals surface area contributed by atoms with E-state index in [1.165, 1.54) is 0 Å². The van der Waals surface area contributed by atoms with Gasteiger partial charge in [-0.1, -0.05) is 6.92 Å². The Morgan fingerprint density at radius 3 is 2.89 bits per heavy atom. The lowest BCUT2D eigenvalue weighted by atomic mass is 10.3. The molecule has 2 rings (SSSR count). The number of aromatic nitrogens is 1. The minimum Gasteiger partial charge on any atom is -0.329 e. The average molecular weight is 284 g/mol. The second kappa shape index (κ2) is 5.03. The van der Waals surface area contributed by atoms with E-state index in [2.05, 4.69) is 10.3 Å². The first-order valence-electron chi connectivity index (χ1n) is 5.40. The number of amides is 1. The highest BCUT2D eigenvalue weighted by Crippen LogP contribution is 2.28. The topological polar surface area (TPSA) is 76.1 Å². The summed E-state index contributed by atoms with van der Waals surface area (Å²) in [6.07, 6.45) is 1.15. The summed E-state index contributed by atoms with van der Waals surface area (Å²) in [6.45, 7) is 1.82. The number of thiazole rings is 1. The zero-order chi connectivity index (χ0) is 13.2. The molecule has 0 atom stereocenters. The molecule has 1 aromatic carbocycles. The zero-order valence-electron chi connectivity index (χ0n) is 9.71. The highest BCUT2D eigenvalue weighted by Gasteiger charge is 2.18. The van der Waals surface area contributed by atoms with Gasteiger partial charge in [-0.25, -0.2) is 13.4 Å². The summed E-state index contributed by atoms with van der Waals surface area (Å²) >= 11 is 1.13. The number of carbonyl (C=O) groups is 1. The van der Waals surface area contributed by atoms with Crippen LogP contribution in [0.5, 0.6) is 0 Å². The number of rotatable bonds is 5. The molecule has 0 aliphatic heterocycles. The predicted octanol–water partition coefficient (Wildman–Crippen LogP) is 2.05. The van der Waals surface area contributed by atoms with E-state index in [4.69, 9.17) is 0 Å². The molecule has 1 amide bonds. The molecule has 0 unspecified atom stereocenters. The molecular formula is C11H12N2O3S2. The van der Waals surface area contributed by atoms with Gasteiger partial charge in [-0.2, -0.15) is 0 Å². The molecule has 0 aliphatic rings. The SMILES string of the molecule is CCCS(=O)(=O)c1nc2ccc(NC=O)cc2s1. The molecule has 0 saturated heterocycles. The van der Waals surface area contributed by atoms with Gasteiger partial charge in [0.05, 0.1) is 16.0 Å². The summed E-state index contributed by atoms with van der Waals surface area (Å²) in [6, 6.07) is 5.10. The minimum absolute atomic E-state index is 0.103. The third-order valence-corrected chi connectivity index (χ3v) is 5.73. The normalized spacial score (nSPS) is 11.6. The van der Waals surface area contributed by atoms with Crippen LogP contribution in [0.3, 0.4) is 0 Å². The number of sulfone groups is 1. The second-order valence-corrected chi connectivity index (χ2v) is 7.06. The van der Waals surface area contributed by atoms with Crippen LogP contribution in [0.25, 0.3) is 10.2 Å². The van der Waals surface area contributed by atoms with Gasteiger partial charge in [-0.3, -0.25) is 4.79 Å². The maximum absolute atomic E-state index is 11.9. The fourth-order valence-corrected chi connectivity index (χ4v) is 4.26. The van der Waals surface area contributed by atoms with Gasteiger partial charge in [0.2, 0.25) is 20.6 Å². The summed E-state index contributed by atoms with van der Waals surface area (Å²) in [5.74, 6) is 0.103. The maximum atomic E-state index is 11.9. The van der Waals surface area contributed by atoms with Crippen molar-refractivity contribution < 1.29 is 13.2 Å². The summed E-state index contributed by atoms with van der Waals surface area (Å²) < 4.78 is 24.7. The van der Waals surface area contributed by atoms with Gasteiger partial charge in [-0.15, -0.1) is 11.3 Å². The molecule has 5 nitrogen and oxygen atoms in total. The largest absolute Gasteiger partial charge is 0.329 e. The number of nitrogens with one attached hydrogen (secondary N) is 1. The van der Waals surface area contributed by atoms with Crippen LogP contribution in [0.4, 0.5) is 5.69 Å². The van der Waals surface area contributed by atoms with Crippen LogP contribution in [0.1, 0.15) is 13.3 Å². The number of anilines is 1. The van der Waals surface area contributed by atoms with Crippen molar-refractivity contribution in [2.75, 3.05) is 11.1 Å². The zero-order valence-corrected chi connectivity index (χ0v) is 11.3. The molecule has 0 spiro atoms. The van der Waals surface area contributed by atoms with Crippen LogP contribution in [-0.4, -0.2) is 25.6 Å². The molecule has 96 valence electrons. The lowest BCUT2D eigenvalue weighted by Gasteiger charge is -1.95. The average Bonchev–Trinajstić information content (AvgIpc) is 2.73. The fourth-order valence-electron chi connectivity index (χ4n) is 1.55. The summed E-state index contributed by atoms with van der Waals surface area (Å²) in [7, 11) is -3.28. The Labute approximate surface area is 109 Å². The van der Waals surface area contributed by atoms with Crippen LogP contribution in [0, 0.1) is 0 Å². The van der Waals surface area contributed by atoms with Crippen LogP contribution in [0.15, 0.2) is 22.5 Å². The highest BCUT2D eigenvalue weighted by atomic mass is 32.2. The van der Waals surface area contributed by atoms with E-state index in [9.17, 15) is 13.2 Å². The highest BCUT2D eigenvalue weighted by molar-refractivity contribution is 7.93. The molecule has 0 saturated carbocycles. The Kier molecular flexibility index (Phi) is 3.63. The molecule has 1 N–H and O–H groups in total. The number of hydrogen-bond donors (Lipinski definition) is 1. The second-order valence-electron chi connectivity index (χ2n) is 3.74. The summed E-state index contributed by atoms with van der Waals surface area (Å²) in [5, 5.41) is 2.52. The van der Waals surface area contributed by atoms with Gasteiger partial charge in [0.1, 0.15) is 0 Å². The summed E-state index contributed by atoms with van der Waals surface area (Å²) in [4.78, 5) is 14.5. The van der Waals surface area contributed by atoms with Gasteiger partial charge >= 0.3 is 0 Å². The third kappa shape index (κ3) is 2.51. The molecular weight excluding hydrogens is 272 g/mol.